The molecule has 3 heterocycles. The van der Waals surface area contributed by atoms with E-state index in [2.05, 4.69) is 40.8 Å². The molecule has 9 nitrogen and oxygen atoms in total. The molecule has 3 aromatic heterocycles. The molecule has 21 heavy (non-hydrogen) atoms. The number of halogens is 1. The highest BCUT2D eigenvalue weighted by molar-refractivity contribution is 5.92. The number of H-pyrrole nitrogens is 2. The predicted molar refractivity (Wildman–Crippen MR) is 71.1 cm³/mol. The maximum Gasteiger partial charge on any atom is 0.272 e. The third-order valence-electron chi connectivity index (χ3n) is 2.75. The zero-order valence-corrected chi connectivity index (χ0v) is 10.7. The summed E-state index contributed by atoms with van der Waals surface area (Å²) in [7, 11) is 0. The molecule has 3 aromatic rings. The van der Waals surface area contributed by atoms with Gasteiger partial charge in [0.25, 0.3) is 5.91 Å². The molecule has 0 saturated carbocycles. The predicted octanol–water partition coefficient (Wildman–Crippen LogP) is 0.0570. The summed E-state index contributed by atoms with van der Waals surface area (Å²) < 4.78 is 13.1. The van der Waals surface area contributed by atoms with Crippen LogP contribution in [-0.2, 0) is 0 Å². The first-order valence-electron chi connectivity index (χ1n) is 6.10. The van der Waals surface area contributed by atoms with Gasteiger partial charge in [0, 0.05) is 13.1 Å². The minimum atomic E-state index is -0.685. The van der Waals surface area contributed by atoms with Crippen molar-refractivity contribution in [1.29, 1.82) is 0 Å². The van der Waals surface area contributed by atoms with Crippen molar-refractivity contribution in [3.05, 3.63) is 30.4 Å². The molecule has 0 aliphatic carbocycles. The molecule has 0 atom stereocenters. The van der Waals surface area contributed by atoms with Crippen molar-refractivity contribution < 1.29 is 9.18 Å². The minimum absolute atomic E-state index is 0.187. The van der Waals surface area contributed by atoms with Crippen molar-refractivity contribution in [3.8, 4) is 0 Å². The highest BCUT2D eigenvalue weighted by Gasteiger charge is 2.12. The van der Waals surface area contributed by atoms with Crippen LogP contribution in [0.4, 0.5) is 10.2 Å². The van der Waals surface area contributed by atoms with Crippen LogP contribution in [0.2, 0.25) is 0 Å². The van der Waals surface area contributed by atoms with Gasteiger partial charge >= 0.3 is 0 Å². The highest BCUT2D eigenvalue weighted by Crippen LogP contribution is 2.13. The average molecular weight is 290 g/mol. The van der Waals surface area contributed by atoms with Crippen LogP contribution >= 0.6 is 0 Å². The standard InChI is InChI=1S/C11H11FN8O/c12-6-3-19-20-7(6)11(21)14-2-1-13-9-8-10(16-4-15-8)18-5-17-9/h3-5H,1-2H2,(H,14,21)(H,19,20)(H2,13,15,16,17,18). The van der Waals surface area contributed by atoms with Gasteiger partial charge in [0.1, 0.15) is 11.8 Å². The smallest absolute Gasteiger partial charge is 0.272 e. The maximum atomic E-state index is 13.1. The first-order valence-corrected chi connectivity index (χ1v) is 6.10. The van der Waals surface area contributed by atoms with E-state index >= 15 is 0 Å². The van der Waals surface area contributed by atoms with E-state index in [0.29, 0.717) is 23.5 Å². The monoisotopic (exact) mass is 290 g/mol. The molecular weight excluding hydrogens is 279 g/mol. The van der Waals surface area contributed by atoms with Gasteiger partial charge in [-0.3, -0.25) is 9.89 Å². The Morgan fingerprint density at radius 1 is 1.29 bits per heavy atom. The van der Waals surface area contributed by atoms with Crippen molar-refractivity contribution >= 4 is 22.9 Å². The molecule has 0 spiro atoms. The Bertz CT molecular complexity index is 766. The Morgan fingerprint density at radius 3 is 3.00 bits per heavy atom. The van der Waals surface area contributed by atoms with E-state index in [1.54, 1.807) is 0 Å². The number of carbonyl (C=O) groups excluding carboxylic acids is 1. The number of nitrogens with one attached hydrogen (secondary N) is 4. The Kier molecular flexibility index (Phi) is 3.41. The molecule has 0 aliphatic heterocycles. The fourth-order valence-corrected chi connectivity index (χ4v) is 1.78. The summed E-state index contributed by atoms with van der Waals surface area (Å²) in [5, 5.41) is 11.3. The second kappa shape index (κ2) is 5.53. The number of nitrogens with zero attached hydrogens (tertiary/aromatic N) is 4. The van der Waals surface area contributed by atoms with Gasteiger partial charge in [0.2, 0.25) is 0 Å². The molecule has 3 rings (SSSR count). The van der Waals surface area contributed by atoms with Crippen LogP contribution in [0.1, 0.15) is 10.5 Å². The van der Waals surface area contributed by atoms with Gasteiger partial charge in [-0.25, -0.2) is 19.3 Å². The molecule has 108 valence electrons. The van der Waals surface area contributed by atoms with Gasteiger partial charge in [-0.15, -0.1) is 0 Å². The summed E-state index contributed by atoms with van der Waals surface area (Å²) in [5.41, 5.74) is 1.05. The normalized spacial score (nSPS) is 10.7. The number of aromatic amines is 2. The van der Waals surface area contributed by atoms with E-state index in [1.807, 2.05) is 0 Å². The summed E-state index contributed by atoms with van der Waals surface area (Å²) in [6, 6.07) is 0. The second-order valence-electron chi connectivity index (χ2n) is 4.10. The van der Waals surface area contributed by atoms with Gasteiger partial charge in [0.15, 0.2) is 23.0 Å². The summed E-state index contributed by atoms with van der Waals surface area (Å²) >= 11 is 0. The molecule has 0 bridgehead atoms. The SMILES string of the molecule is O=C(NCCNc1ncnc2nc[nH]c12)c1[nH]ncc1F. The fraction of sp³-hybridized carbons (Fsp3) is 0.182. The van der Waals surface area contributed by atoms with E-state index in [1.165, 1.54) is 12.7 Å². The van der Waals surface area contributed by atoms with Crippen molar-refractivity contribution in [1.82, 2.24) is 35.5 Å². The van der Waals surface area contributed by atoms with Crippen LogP contribution in [-0.4, -0.2) is 49.1 Å². The van der Waals surface area contributed by atoms with Gasteiger partial charge < -0.3 is 15.6 Å². The number of anilines is 1. The number of amides is 1. The molecule has 0 radical (unpaired) electrons. The van der Waals surface area contributed by atoms with Gasteiger partial charge in [-0.1, -0.05) is 0 Å². The minimum Gasteiger partial charge on any atom is -0.366 e. The van der Waals surface area contributed by atoms with E-state index in [-0.39, 0.29) is 12.2 Å². The molecule has 0 aromatic carbocycles. The maximum absolute atomic E-state index is 13.1. The van der Waals surface area contributed by atoms with Crippen molar-refractivity contribution in [2.24, 2.45) is 0 Å². The molecule has 10 heteroatoms. The zero-order valence-electron chi connectivity index (χ0n) is 10.7. The van der Waals surface area contributed by atoms with Crippen LogP contribution in [0.5, 0.6) is 0 Å². The Morgan fingerprint density at radius 2 is 2.19 bits per heavy atom. The van der Waals surface area contributed by atoms with Crippen LogP contribution in [0.15, 0.2) is 18.9 Å². The first kappa shape index (κ1) is 13.0. The van der Waals surface area contributed by atoms with E-state index in [0.717, 1.165) is 6.20 Å². The zero-order chi connectivity index (χ0) is 14.7. The second-order valence-corrected chi connectivity index (χ2v) is 4.10. The van der Waals surface area contributed by atoms with Gasteiger partial charge in [-0.05, 0) is 0 Å². The summed E-state index contributed by atoms with van der Waals surface area (Å²) in [5.74, 6) is -0.656. The molecule has 1 amide bonds. The van der Waals surface area contributed by atoms with Crippen LogP contribution in [0.25, 0.3) is 11.2 Å². The van der Waals surface area contributed by atoms with E-state index in [9.17, 15) is 9.18 Å². The van der Waals surface area contributed by atoms with Gasteiger partial charge in [-0.2, -0.15) is 5.10 Å². The lowest BCUT2D eigenvalue weighted by Crippen LogP contribution is -2.29. The van der Waals surface area contributed by atoms with E-state index < -0.39 is 11.7 Å². The summed E-state index contributed by atoms with van der Waals surface area (Å²) in [6.07, 6.45) is 3.86. The first-order chi connectivity index (χ1) is 10.3. The van der Waals surface area contributed by atoms with Crippen molar-refractivity contribution in [2.75, 3.05) is 18.4 Å². The van der Waals surface area contributed by atoms with Crippen LogP contribution in [0.3, 0.4) is 0 Å². The average Bonchev–Trinajstić information content (AvgIpc) is 3.12. The van der Waals surface area contributed by atoms with E-state index in [4.69, 9.17) is 0 Å². The van der Waals surface area contributed by atoms with Crippen molar-refractivity contribution in [3.63, 3.8) is 0 Å². The summed E-state index contributed by atoms with van der Waals surface area (Å²) in [6.45, 7) is 0.698. The number of carbonyl (C=O) groups is 1. The lowest BCUT2D eigenvalue weighted by molar-refractivity contribution is 0.0946. The number of hydrogen-bond acceptors (Lipinski definition) is 6. The lowest BCUT2D eigenvalue weighted by atomic mass is 10.4. The molecule has 0 unspecified atom stereocenters. The number of hydrogen-bond donors (Lipinski definition) is 4. The highest BCUT2D eigenvalue weighted by atomic mass is 19.1. The molecule has 0 saturated heterocycles. The number of imidazole rings is 1. The summed E-state index contributed by atoms with van der Waals surface area (Å²) in [4.78, 5) is 26.6. The Labute approximate surface area is 117 Å². The quantitative estimate of drug-likeness (QED) is 0.492. The lowest BCUT2D eigenvalue weighted by Gasteiger charge is -2.07. The third kappa shape index (κ3) is 2.63. The number of fused-ring (bicyclic) bond motifs is 1. The van der Waals surface area contributed by atoms with Crippen LogP contribution < -0.4 is 10.6 Å². The van der Waals surface area contributed by atoms with Crippen LogP contribution in [0, 0.1) is 5.82 Å². The Balaban J connectivity index is 1.54. The molecule has 0 fully saturated rings. The fourth-order valence-electron chi connectivity index (χ4n) is 1.78. The molecule has 4 N–H and O–H groups in total. The van der Waals surface area contributed by atoms with Crippen molar-refractivity contribution in [2.45, 2.75) is 0 Å². The Hall–Kier alpha value is -3.04. The van der Waals surface area contributed by atoms with Gasteiger partial charge in [0.05, 0.1) is 12.5 Å². The largest absolute Gasteiger partial charge is 0.366 e. The number of rotatable bonds is 5. The topological polar surface area (TPSA) is 124 Å². The molecule has 0 aliphatic rings. The molecular formula is C11H11FN8O. The number of aromatic nitrogens is 6. The third-order valence-corrected chi connectivity index (χ3v) is 2.75.